The van der Waals surface area contributed by atoms with Crippen LogP contribution in [-0.2, 0) is 10.8 Å². The normalized spacial score (nSPS) is 14.1. The van der Waals surface area contributed by atoms with Gasteiger partial charge < -0.3 is 14.2 Å². The second-order valence-electron chi connectivity index (χ2n) is 18.9. The number of anilines is 6. The lowest BCUT2D eigenvalue weighted by molar-refractivity contribution is 0.660. The molecule has 310 valence electrons. The number of hydrogen-bond donors (Lipinski definition) is 0. The summed E-state index contributed by atoms with van der Waals surface area (Å²) in [6, 6.07) is 75.8. The maximum absolute atomic E-state index is 7.18. The first-order valence-corrected chi connectivity index (χ1v) is 22.8. The van der Waals surface area contributed by atoms with Gasteiger partial charge in [-0.3, -0.25) is 0 Å². The van der Waals surface area contributed by atoms with E-state index in [1.807, 2.05) is 0 Å². The van der Waals surface area contributed by atoms with Crippen LogP contribution in [0.1, 0.15) is 49.9 Å². The molecule has 0 spiro atoms. The summed E-state index contributed by atoms with van der Waals surface area (Å²) in [5.74, 6) is 0. The molecular weight excluding hydrogens is 789 g/mol. The van der Waals surface area contributed by atoms with Crippen molar-refractivity contribution in [1.82, 2.24) is 0 Å². The molecule has 3 heteroatoms. The van der Waals surface area contributed by atoms with Gasteiger partial charge in [0.1, 0.15) is 11.2 Å². The first kappa shape index (κ1) is 37.7. The number of rotatable bonds is 6. The molecule has 0 fully saturated rings. The summed E-state index contributed by atoms with van der Waals surface area (Å²) in [5, 5.41) is 6.57. The van der Waals surface area contributed by atoms with E-state index in [1.54, 1.807) is 0 Å². The molecule has 10 aromatic carbocycles. The van der Waals surface area contributed by atoms with Gasteiger partial charge >= 0.3 is 0 Å². The van der Waals surface area contributed by atoms with E-state index in [0.29, 0.717) is 0 Å². The van der Waals surface area contributed by atoms with Crippen LogP contribution >= 0.6 is 0 Å². The molecule has 0 bridgehead atoms. The third-order valence-electron chi connectivity index (χ3n) is 14.6. The van der Waals surface area contributed by atoms with Crippen LogP contribution < -0.4 is 9.80 Å². The highest BCUT2D eigenvalue weighted by molar-refractivity contribution is 6.25. The third-order valence-corrected chi connectivity index (χ3v) is 14.6. The Labute approximate surface area is 379 Å². The first-order chi connectivity index (χ1) is 31.8. The van der Waals surface area contributed by atoms with Crippen molar-refractivity contribution >= 4 is 77.6 Å². The molecule has 2 aliphatic rings. The van der Waals surface area contributed by atoms with Crippen LogP contribution in [0, 0.1) is 0 Å². The van der Waals surface area contributed by atoms with E-state index in [9.17, 15) is 0 Å². The van der Waals surface area contributed by atoms with Crippen LogP contribution in [0.5, 0.6) is 0 Å². The van der Waals surface area contributed by atoms with E-state index in [-0.39, 0.29) is 10.8 Å². The third kappa shape index (κ3) is 5.42. The Hall–Kier alpha value is -7.88. The number of para-hydroxylation sites is 2. The van der Waals surface area contributed by atoms with Crippen LogP contribution in [-0.4, -0.2) is 0 Å². The van der Waals surface area contributed by atoms with Crippen molar-refractivity contribution in [1.29, 1.82) is 0 Å². The Bertz CT molecular complexity index is 3480. The highest BCUT2D eigenvalue weighted by atomic mass is 16.3. The fourth-order valence-corrected chi connectivity index (χ4v) is 11.4. The molecule has 0 saturated carbocycles. The molecule has 13 rings (SSSR count). The average molecular weight is 835 g/mol. The van der Waals surface area contributed by atoms with Crippen molar-refractivity contribution in [2.75, 3.05) is 9.80 Å². The fraction of sp³-hybridized carbons (Fsp3) is 0.0968. The molecule has 0 unspecified atom stereocenters. The van der Waals surface area contributed by atoms with Crippen molar-refractivity contribution in [2.24, 2.45) is 0 Å². The summed E-state index contributed by atoms with van der Waals surface area (Å²) in [4.78, 5) is 4.89. The SMILES string of the molecule is CC1(C)c2ccccc2-c2ccc(N(c3ccccc3)c3cc4c5cc(N(c6ccccc6)c6ccc7c(c6)C(C)(C)c6ccccc6-7)c6ccccc6c5oc4c4ccccc34)cc21. The van der Waals surface area contributed by atoms with Gasteiger partial charge in [-0.25, -0.2) is 0 Å². The minimum Gasteiger partial charge on any atom is -0.455 e. The molecule has 11 aromatic rings. The van der Waals surface area contributed by atoms with Gasteiger partial charge in [0, 0.05) is 65.9 Å². The molecule has 1 aromatic heterocycles. The van der Waals surface area contributed by atoms with E-state index >= 15 is 0 Å². The predicted octanol–water partition coefficient (Wildman–Crippen LogP) is 17.4. The number of nitrogens with zero attached hydrogens (tertiary/aromatic N) is 2. The van der Waals surface area contributed by atoms with E-state index in [0.717, 1.165) is 77.6 Å². The molecule has 0 amide bonds. The molecule has 0 atom stereocenters. The molecule has 3 nitrogen and oxygen atoms in total. The minimum absolute atomic E-state index is 0.141. The van der Waals surface area contributed by atoms with Gasteiger partial charge in [-0.2, -0.15) is 0 Å². The van der Waals surface area contributed by atoms with Crippen molar-refractivity contribution in [2.45, 2.75) is 38.5 Å². The molecule has 0 aliphatic heterocycles. The molecular formula is C62H46N2O. The largest absolute Gasteiger partial charge is 0.455 e. The van der Waals surface area contributed by atoms with Crippen molar-refractivity contribution < 1.29 is 4.42 Å². The second kappa shape index (κ2) is 13.8. The van der Waals surface area contributed by atoms with Crippen LogP contribution in [0.15, 0.2) is 211 Å². The van der Waals surface area contributed by atoms with Crippen molar-refractivity contribution in [3.63, 3.8) is 0 Å². The molecule has 65 heavy (non-hydrogen) atoms. The fourth-order valence-electron chi connectivity index (χ4n) is 11.4. The Kier molecular flexibility index (Phi) is 8.00. The molecule has 0 saturated heterocycles. The quantitative estimate of drug-likeness (QED) is 0.166. The monoisotopic (exact) mass is 834 g/mol. The molecule has 0 N–H and O–H groups in total. The van der Waals surface area contributed by atoms with Crippen molar-refractivity contribution in [3.8, 4) is 22.3 Å². The van der Waals surface area contributed by atoms with Crippen LogP contribution in [0.4, 0.5) is 34.1 Å². The molecule has 0 radical (unpaired) electrons. The lowest BCUT2D eigenvalue weighted by Gasteiger charge is -2.29. The summed E-state index contributed by atoms with van der Waals surface area (Å²) in [5.41, 5.74) is 18.8. The van der Waals surface area contributed by atoms with Gasteiger partial charge in [0.05, 0.1) is 11.4 Å². The Balaban J connectivity index is 1.07. The minimum atomic E-state index is -0.141. The predicted molar refractivity (Wildman–Crippen MR) is 273 cm³/mol. The van der Waals surface area contributed by atoms with E-state index in [4.69, 9.17) is 4.42 Å². The second-order valence-corrected chi connectivity index (χ2v) is 18.9. The van der Waals surface area contributed by atoms with Crippen LogP contribution in [0.25, 0.3) is 65.7 Å². The van der Waals surface area contributed by atoms with E-state index in [2.05, 4.69) is 244 Å². The number of fused-ring (bicyclic) bond motifs is 13. The summed E-state index contributed by atoms with van der Waals surface area (Å²) in [6.45, 7) is 9.43. The smallest absolute Gasteiger partial charge is 0.143 e. The zero-order valence-electron chi connectivity index (χ0n) is 36.9. The van der Waals surface area contributed by atoms with Crippen LogP contribution in [0.2, 0.25) is 0 Å². The molecule has 2 aliphatic carbocycles. The van der Waals surface area contributed by atoms with Gasteiger partial charge in [-0.05, 0) is 105 Å². The maximum atomic E-state index is 7.18. The number of benzene rings is 10. The lowest BCUT2D eigenvalue weighted by atomic mass is 9.82. The Morgan fingerprint density at radius 1 is 0.292 bits per heavy atom. The zero-order chi connectivity index (χ0) is 43.6. The number of furan rings is 1. The summed E-state index contributed by atoms with van der Waals surface area (Å²) < 4.78 is 7.18. The van der Waals surface area contributed by atoms with Gasteiger partial charge in [-0.1, -0.05) is 173 Å². The van der Waals surface area contributed by atoms with E-state index < -0.39 is 0 Å². The lowest BCUT2D eigenvalue weighted by Crippen LogP contribution is -2.16. The van der Waals surface area contributed by atoms with Gasteiger partial charge in [0.2, 0.25) is 0 Å². The van der Waals surface area contributed by atoms with Gasteiger partial charge in [0.25, 0.3) is 0 Å². The van der Waals surface area contributed by atoms with Crippen LogP contribution in [0.3, 0.4) is 0 Å². The Morgan fingerprint density at radius 2 is 0.646 bits per heavy atom. The standard InChI is InChI=1S/C62H46N2O/c1-61(2)53-29-17-15-23-43(53)45-33-31-41(35-55(45)61)63(39-19-7-5-8-20-39)57-37-51-52-38-58(48-26-12-14-28-50(48)60(52)65-59(51)49-27-13-11-25-47(49)57)64(40-21-9-6-10-22-40)42-32-34-46-44-24-16-18-30-54(44)62(3,4)56(46)36-42/h5-38H,1-4H3. The first-order valence-electron chi connectivity index (χ1n) is 22.8. The average Bonchev–Trinajstić information content (AvgIpc) is 3.92. The summed E-state index contributed by atoms with van der Waals surface area (Å²) in [7, 11) is 0. The highest BCUT2D eigenvalue weighted by Crippen LogP contribution is 2.54. The number of hydrogen-bond acceptors (Lipinski definition) is 3. The summed E-state index contributed by atoms with van der Waals surface area (Å²) >= 11 is 0. The van der Waals surface area contributed by atoms with Crippen molar-refractivity contribution in [3.05, 3.63) is 229 Å². The highest BCUT2D eigenvalue weighted by Gasteiger charge is 2.37. The molecule has 1 heterocycles. The topological polar surface area (TPSA) is 19.6 Å². The summed E-state index contributed by atoms with van der Waals surface area (Å²) in [6.07, 6.45) is 0. The van der Waals surface area contributed by atoms with Gasteiger partial charge in [-0.15, -0.1) is 0 Å². The Morgan fingerprint density at radius 3 is 1.08 bits per heavy atom. The van der Waals surface area contributed by atoms with Gasteiger partial charge in [0.15, 0.2) is 0 Å². The maximum Gasteiger partial charge on any atom is 0.143 e. The zero-order valence-corrected chi connectivity index (χ0v) is 36.9. The van der Waals surface area contributed by atoms with E-state index in [1.165, 1.54) is 44.5 Å².